The zero-order valence-electron chi connectivity index (χ0n) is 13.6. The lowest BCUT2D eigenvalue weighted by Gasteiger charge is -2.58. The molecule has 4 aliphatic carbocycles. The van der Waals surface area contributed by atoms with Crippen molar-refractivity contribution in [2.45, 2.75) is 63.3 Å². The minimum absolute atomic E-state index is 0.0153. The molecular weight excluding hydrogens is 340 g/mol. The normalized spacial score (nSPS) is 57.2. The van der Waals surface area contributed by atoms with Gasteiger partial charge >= 0.3 is 0 Å². The molecule has 0 aromatic rings. The van der Waals surface area contributed by atoms with E-state index in [2.05, 4.69) is 35.9 Å². The highest BCUT2D eigenvalue weighted by molar-refractivity contribution is 9.10. The van der Waals surface area contributed by atoms with Gasteiger partial charge in [0, 0.05) is 0 Å². The average molecular weight is 367 g/mol. The van der Waals surface area contributed by atoms with Crippen LogP contribution in [0.4, 0.5) is 0 Å². The number of aliphatic hydroxyl groups excluding tert-OH is 1. The first-order chi connectivity index (χ1) is 10.4. The van der Waals surface area contributed by atoms with Crippen LogP contribution in [0.25, 0.3) is 0 Å². The van der Waals surface area contributed by atoms with Crippen LogP contribution in [0.15, 0.2) is 12.2 Å². The molecule has 3 heteroatoms. The van der Waals surface area contributed by atoms with E-state index in [-0.39, 0.29) is 27.5 Å². The summed E-state index contributed by atoms with van der Waals surface area (Å²) in [6.07, 6.45) is 10.9. The Labute approximate surface area is 141 Å². The van der Waals surface area contributed by atoms with E-state index >= 15 is 0 Å². The maximum Gasteiger partial charge on any atom is 0.169 e. The number of hydrogen-bond donors (Lipinski definition) is 1. The predicted octanol–water partition coefficient (Wildman–Crippen LogP) is 4.11. The smallest absolute Gasteiger partial charge is 0.169 e. The molecule has 0 bridgehead atoms. The van der Waals surface area contributed by atoms with Gasteiger partial charge in [0.05, 0.1) is 10.9 Å². The van der Waals surface area contributed by atoms with Gasteiger partial charge in [-0.2, -0.15) is 0 Å². The highest BCUT2D eigenvalue weighted by atomic mass is 79.9. The Morgan fingerprint density at radius 1 is 1.09 bits per heavy atom. The number of fused-ring (bicyclic) bond motifs is 5. The molecule has 0 radical (unpaired) electrons. The zero-order valence-corrected chi connectivity index (χ0v) is 15.2. The Morgan fingerprint density at radius 3 is 2.55 bits per heavy atom. The predicted molar refractivity (Wildman–Crippen MR) is 90.7 cm³/mol. The first-order valence-electron chi connectivity index (χ1n) is 8.92. The fraction of sp³-hybridized carbons (Fsp3) is 0.842. The van der Waals surface area contributed by atoms with Crippen LogP contribution in [-0.2, 0) is 4.79 Å². The molecule has 4 aliphatic rings. The SMILES string of the molecule is C[C@]12CC[C@H]3[C@@H](CC[C@]4(C)C(Br)C(=O)C=C[C@H]34)[C@@H]1CC[C@@H]2O. The second-order valence-electron chi connectivity index (χ2n) is 8.77. The largest absolute Gasteiger partial charge is 0.393 e. The molecule has 4 rings (SSSR count). The molecule has 2 nitrogen and oxygen atoms in total. The lowest BCUT2D eigenvalue weighted by molar-refractivity contribution is -0.122. The topological polar surface area (TPSA) is 37.3 Å². The monoisotopic (exact) mass is 366 g/mol. The van der Waals surface area contributed by atoms with Gasteiger partial charge in [0.25, 0.3) is 0 Å². The number of ketones is 1. The van der Waals surface area contributed by atoms with Crippen LogP contribution in [0.1, 0.15) is 52.4 Å². The van der Waals surface area contributed by atoms with Crippen LogP contribution >= 0.6 is 15.9 Å². The number of carbonyl (C=O) groups is 1. The zero-order chi connectivity index (χ0) is 15.7. The lowest BCUT2D eigenvalue weighted by atomic mass is 9.47. The molecule has 1 unspecified atom stereocenters. The summed E-state index contributed by atoms with van der Waals surface area (Å²) >= 11 is 3.70. The number of alkyl halides is 1. The van der Waals surface area contributed by atoms with E-state index < -0.39 is 0 Å². The molecule has 3 fully saturated rings. The molecule has 0 aromatic carbocycles. The summed E-state index contributed by atoms with van der Waals surface area (Å²) in [5.74, 6) is 2.90. The van der Waals surface area contributed by atoms with Gasteiger partial charge in [0.2, 0.25) is 0 Å². The Balaban J connectivity index is 1.68. The number of halogens is 1. The van der Waals surface area contributed by atoms with Crippen molar-refractivity contribution in [1.82, 2.24) is 0 Å². The molecule has 0 aromatic heterocycles. The molecular formula is C19H27BrO2. The second kappa shape index (κ2) is 4.92. The summed E-state index contributed by atoms with van der Waals surface area (Å²) in [4.78, 5) is 12.1. The molecule has 122 valence electrons. The van der Waals surface area contributed by atoms with Gasteiger partial charge in [-0.1, -0.05) is 35.9 Å². The van der Waals surface area contributed by atoms with Crippen molar-refractivity contribution in [3.8, 4) is 0 Å². The van der Waals surface area contributed by atoms with Crippen LogP contribution in [-0.4, -0.2) is 21.8 Å². The minimum atomic E-state index is -0.0980. The molecule has 0 saturated heterocycles. The van der Waals surface area contributed by atoms with Gasteiger partial charge in [-0.3, -0.25) is 4.79 Å². The summed E-state index contributed by atoms with van der Waals surface area (Å²) in [6.45, 7) is 4.64. The lowest BCUT2D eigenvalue weighted by Crippen LogP contribution is -2.54. The molecule has 22 heavy (non-hydrogen) atoms. The van der Waals surface area contributed by atoms with Crippen molar-refractivity contribution in [2.75, 3.05) is 0 Å². The van der Waals surface area contributed by atoms with E-state index in [1.54, 1.807) is 0 Å². The third-order valence-corrected chi connectivity index (χ3v) is 9.48. The van der Waals surface area contributed by atoms with Crippen LogP contribution < -0.4 is 0 Å². The van der Waals surface area contributed by atoms with Crippen molar-refractivity contribution in [3.63, 3.8) is 0 Å². The molecule has 0 amide bonds. The fourth-order valence-electron chi connectivity index (χ4n) is 6.55. The fourth-order valence-corrected chi connectivity index (χ4v) is 7.24. The van der Waals surface area contributed by atoms with E-state index in [1.165, 1.54) is 19.3 Å². The highest BCUT2D eigenvalue weighted by Gasteiger charge is 2.59. The summed E-state index contributed by atoms with van der Waals surface area (Å²) in [5.41, 5.74) is 0.231. The Kier molecular flexibility index (Phi) is 3.44. The molecule has 0 aliphatic heterocycles. The summed E-state index contributed by atoms with van der Waals surface area (Å²) in [7, 11) is 0. The van der Waals surface area contributed by atoms with E-state index in [0.717, 1.165) is 25.2 Å². The van der Waals surface area contributed by atoms with Crippen LogP contribution in [0.2, 0.25) is 0 Å². The van der Waals surface area contributed by atoms with Gasteiger partial charge in [-0.05, 0) is 79.1 Å². The van der Waals surface area contributed by atoms with Crippen molar-refractivity contribution in [2.24, 2.45) is 34.5 Å². The van der Waals surface area contributed by atoms with Gasteiger partial charge in [0.15, 0.2) is 5.78 Å². The van der Waals surface area contributed by atoms with Crippen molar-refractivity contribution >= 4 is 21.7 Å². The van der Waals surface area contributed by atoms with Gasteiger partial charge in [-0.25, -0.2) is 0 Å². The van der Waals surface area contributed by atoms with Gasteiger partial charge in [-0.15, -0.1) is 0 Å². The number of rotatable bonds is 0. The summed E-state index contributed by atoms with van der Waals surface area (Å²) in [5, 5.41) is 10.5. The van der Waals surface area contributed by atoms with Gasteiger partial charge < -0.3 is 5.11 Å². The van der Waals surface area contributed by atoms with Crippen LogP contribution in [0.3, 0.4) is 0 Å². The first kappa shape index (κ1) is 15.4. The third kappa shape index (κ3) is 1.84. The minimum Gasteiger partial charge on any atom is -0.393 e. The molecule has 8 atom stereocenters. The first-order valence-corrected chi connectivity index (χ1v) is 9.84. The summed E-state index contributed by atoms with van der Waals surface area (Å²) < 4.78 is 0. The molecule has 1 N–H and O–H groups in total. The Bertz CT molecular complexity index is 530. The van der Waals surface area contributed by atoms with E-state index in [9.17, 15) is 9.90 Å². The van der Waals surface area contributed by atoms with Crippen LogP contribution in [0, 0.1) is 34.5 Å². The van der Waals surface area contributed by atoms with E-state index in [0.29, 0.717) is 17.8 Å². The Hall–Kier alpha value is -0.150. The maximum absolute atomic E-state index is 12.1. The third-order valence-electron chi connectivity index (χ3n) is 7.98. The number of allylic oxidation sites excluding steroid dienone is 2. The number of carbonyl (C=O) groups excluding carboxylic acids is 1. The molecule has 0 spiro atoms. The number of hydrogen-bond acceptors (Lipinski definition) is 2. The number of aliphatic hydroxyl groups is 1. The maximum atomic E-state index is 12.1. The standard InChI is InChI=1S/C19H27BrO2/c1-18-9-7-12-11(13(18)4-6-16(18)22)8-10-19(2)14(12)3-5-15(21)17(19)20/h3,5,11-14,16-17,22H,4,6-10H2,1-2H3/t11-,12+,13+,14-,16+,17?,18+,19+/m1/s1. The summed E-state index contributed by atoms with van der Waals surface area (Å²) in [6, 6.07) is 0. The molecule has 0 heterocycles. The van der Waals surface area contributed by atoms with Crippen molar-refractivity contribution < 1.29 is 9.90 Å². The molecule has 3 saturated carbocycles. The van der Waals surface area contributed by atoms with Crippen molar-refractivity contribution in [3.05, 3.63) is 12.2 Å². The second-order valence-corrected chi connectivity index (χ2v) is 9.68. The van der Waals surface area contributed by atoms with Crippen molar-refractivity contribution in [1.29, 1.82) is 0 Å². The van der Waals surface area contributed by atoms with Gasteiger partial charge in [0.1, 0.15) is 0 Å². The average Bonchev–Trinajstić information content (AvgIpc) is 2.80. The van der Waals surface area contributed by atoms with E-state index in [4.69, 9.17) is 0 Å². The Morgan fingerprint density at radius 2 is 1.77 bits per heavy atom. The highest BCUT2D eigenvalue weighted by Crippen LogP contribution is 2.64. The quantitative estimate of drug-likeness (QED) is 0.655. The van der Waals surface area contributed by atoms with E-state index in [1.807, 2.05) is 6.08 Å². The van der Waals surface area contributed by atoms with Crippen LogP contribution in [0.5, 0.6) is 0 Å².